The van der Waals surface area contributed by atoms with E-state index in [4.69, 9.17) is 4.55 Å². The zero-order chi connectivity index (χ0) is 24.8. The predicted octanol–water partition coefficient (Wildman–Crippen LogP) is 2.39. The van der Waals surface area contributed by atoms with Gasteiger partial charge in [-0.15, -0.1) is 0 Å². The second-order valence-electron chi connectivity index (χ2n) is 7.31. The van der Waals surface area contributed by atoms with Crippen LogP contribution in [-0.4, -0.2) is 48.0 Å². The summed E-state index contributed by atoms with van der Waals surface area (Å²) in [5.41, 5.74) is -1.54. The summed E-state index contributed by atoms with van der Waals surface area (Å²) >= 11 is 0. The lowest BCUT2D eigenvalue weighted by Gasteiger charge is -2.30. The van der Waals surface area contributed by atoms with Crippen LogP contribution < -0.4 is 4.18 Å². The van der Waals surface area contributed by atoms with Crippen LogP contribution in [0.2, 0.25) is 0 Å². The molecule has 1 aromatic rings. The number of halogens is 6. The van der Waals surface area contributed by atoms with Crippen LogP contribution in [0.3, 0.4) is 0 Å². The minimum Gasteiger partial charge on any atom is -0.392 e. The van der Waals surface area contributed by atoms with Crippen LogP contribution in [-0.2, 0) is 38.9 Å². The van der Waals surface area contributed by atoms with Crippen molar-refractivity contribution in [3.8, 4) is 5.75 Å². The molecule has 3 N–H and O–H groups in total. The molecule has 16 heteroatoms. The van der Waals surface area contributed by atoms with Crippen molar-refractivity contribution in [1.29, 1.82) is 0 Å². The van der Waals surface area contributed by atoms with E-state index in [0.717, 1.165) is 12.1 Å². The molecule has 0 bridgehead atoms. The molecular formula is C15H18F6O8S2. The number of aliphatic hydroxyl groups excluding tert-OH is 2. The Balaban J connectivity index is 3.68. The number of aliphatic hydroxyl groups is 2. The molecule has 0 amide bonds. The zero-order valence-corrected chi connectivity index (χ0v) is 17.7. The van der Waals surface area contributed by atoms with Gasteiger partial charge in [-0.1, -0.05) is 20.8 Å². The van der Waals surface area contributed by atoms with E-state index >= 15 is 0 Å². The third kappa shape index (κ3) is 4.62. The number of hydrogen-bond acceptors (Lipinski definition) is 7. The highest BCUT2D eigenvalue weighted by Crippen LogP contribution is 2.51. The Morgan fingerprint density at radius 1 is 0.839 bits per heavy atom. The molecule has 31 heavy (non-hydrogen) atoms. The van der Waals surface area contributed by atoms with Gasteiger partial charge < -0.3 is 14.4 Å². The first kappa shape index (κ1) is 27.4. The van der Waals surface area contributed by atoms with E-state index in [1.165, 1.54) is 0 Å². The number of hydrogen-bond donors (Lipinski definition) is 3. The Morgan fingerprint density at radius 3 is 1.52 bits per heavy atom. The summed E-state index contributed by atoms with van der Waals surface area (Å²) in [5.74, 6) is -8.43. The van der Waals surface area contributed by atoms with Crippen LogP contribution in [0.15, 0.2) is 12.1 Å². The molecular weight excluding hydrogens is 486 g/mol. The van der Waals surface area contributed by atoms with Crippen molar-refractivity contribution in [2.24, 2.45) is 0 Å². The maximum Gasteiger partial charge on any atom is 0.450 e. The van der Waals surface area contributed by atoms with E-state index < -0.39 is 72.2 Å². The Kier molecular flexibility index (Phi) is 7.13. The summed E-state index contributed by atoms with van der Waals surface area (Å²) in [7, 11) is -14.3. The molecule has 0 aliphatic carbocycles. The molecule has 0 aliphatic rings. The zero-order valence-electron chi connectivity index (χ0n) is 16.0. The topological polar surface area (TPSA) is 138 Å². The monoisotopic (exact) mass is 504 g/mol. The van der Waals surface area contributed by atoms with E-state index in [2.05, 4.69) is 4.18 Å². The van der Waals surface area contributed by atoms with E-state index in [0.29, 0.717) is 5.56 Å². The molecule has 1 rings (SSSR count). The first-order valence-electron chi connectivity index (χ1n) is 8.01. The lowest BCUT2D eigenvalue weighted by Crippen LogP contribution is -2.61. The number of alkyl halides is 6. The first-order valence-corrected chi connectivity index (χ1v) is 10.9. The van der Waals surface area contributed by atoms with Gasteiger partial charge in [0.25, 0.3) is 0 Å². The SMILES string of the molecule is CC(C)(C)c1cc(CO)c(OS(=O)(=O)C(F)(F)C(F)(F)C(F)(F)S(=O)(=O)O)c(CO)c1. The third-order valence-electron chi connectivity index (χ3n) is 4.01. The highest BCUT2D eigenvalue weighted by Gasteiger charge is 2.83. The van der Waals surface area contributed by atoms with Gasteiger partial charge in [-0.3, -0.25) is 4.55 Å². The molecule has 180 valence electrons. The average Bonchev–Trinajstić information content (AvgIpc) is 2.58. The summed E-state index contributed by atoms with van der Waals surface area (Å²) in [6.07, 6.45) is 0. The van der Waals surface area contributed by atoms with Crippen molar-refractivity contribution in [2.45, 2.75) is 55.8 Å². The van der Waals surface area contributed by atoms with E-state index in [-0.39, 0.29) is 0 Å². The van der Waals surface area contributed by atoms with Gasteiger partial charge in [-0.25, -0.2) is 0 Å². The van der Waals surface area contributed by atoms with Crippen LogP contribution in [0.25, 0.3) is 0 Å². The largest absolute Gasteiger partial charge is 0.450 e. The molecule has 1 aromatic carbocycles. The molecule has 0 fully saturated rings. The summed E-state index contributed by atoms with van der Waals surface area (Å²) < 4.78 is 139. The van der Waals surface area contributed by atoms with Crippen molar-refractivity contribution in [3.63, 3.8) is 0 Å². The second-order valence-corrected chi connectivity index (χ2v) is 10.4. The van der Waals surface area contributed by atoms with Crippen LogP contribution in [0.1, 0.15) is 37.5 Å². The average molecular weight is 504 g/mol. The molecule has 0 unspecified atom stereocenters. The maximum absolute atomic E-state index is 14.0. The minimum absolute atomic E-state index is 0.320. The van der Waals surface area contributed by atoms with Gasteiger partial charge in [0.2, 0.25) is 0 Å². The van der Waals surface area contributed by atoms with E-state index in [1.807, 2.05) is 0 Å². The summed E-state index contributed by atoms with van der Waals surface area (Å²) in [5, 5.41) is 4.99. The lowest BCUT2D eigenvalue weighted by molar-refractivity contribution is -0.247. The Hall–Kier alpha value is -1.62. The lowest BCUT2D eigenvalue weighted by atomic mass is 9.85. The van der Waals surface area contributed by atoms with Gasteiger partial charge in [-0.2, -0.15) is 43.2 Å². The molecule has 0 aromatic heterocycles. The van der Waals surface area contributed by atoms with Crippen molar-refractivity contribution in [3.05, 3.63) is 28.8 Å². The predicted molar refractivity (Wildman–Crippen MR) is 92.9 cm³/mol. The van der Waals surface area contributed by atoms with E-state index in [1.54, 1.807) is 20.8 Å². The second kappa shape index (κ2) is 8.06. The molecule has 0 aliphatic heterocycles. The van der Waals surface area contributed by atoms with Crippen LogP contribution in [0, 0.1) is 0 Å². The number of benzene rings is 1. The first-order chi connectivity index (χ1) is 13.6. The van der Waals surface area contributed by atoms with E-state index in [9.17, 15) is 53.4 Å². The maximum atomic E-state index is 14.0. The fraction of sp³-hybridized carbons (Fsp3) is 0.600. The summed E-state index contributed by atoms with van der Waals surface area (Å²) in [4.78, 5) is 0. The van der Waals surface area contributed by atoms with Gasteiger partial charge >= 0.3 is 36.7 Å². The highest BCUT2D eigenvalue weighted by molar-refractivity contribution is 7.88. The van der Waals surface area contributed by atoms with Crippen LogP contribution in [0.4, 0.5) is 26.3 Å². The molecule has 0 atom stereocenters. The fourth-order valence-electron chi connectivity index (χ4n) is 2.18. The van der Waals surface area contributed by atoms with Crippen LogP contribution in [0.5, 0.6) is 5.75 Å². The number of rotatable bonds is 8. The Morgan fingerprint density at radius 2 is 1.23 bits per heavy atom. The van der Waals surface area contributed by atoms with Crippen molar-refractivity contribution in [2.75, 3.05) is 0 Å². The molecule has 0 heterocycles. The van der Waals surface area contributed by atoms with Gasteiger partial charge in [0.1, 0.15) is 0 Å². The van der Waals surface area contributed by atoms with Crippen LogP contribution >= 0.6 is 0 Å². The van der Waals surface area contributed by atoms with Gasteiger partial charge in [0.15, 0.2) is 5.75 Å². The summed E-state index contributed by atoms with van der Waals surface area (Å²) in [6.45, 7) is 2.69. The van der Waals surface area contributed by atoms with Crippen molar-refractivity contribution in [1.82, 2.24) is 0 Å². The summed E-state index contributed by atoms with van der Waals surface area (Å²) in [6, 6.07) is 2.07. The van der Waals surface area contributed by atoms with Gasteiger partial charge in [-0.05, 0) is 23.1 Å². The van der Waals surface area contributed by atoms with Crippen molar-refractivity contribution >= 4 is 20.2 Å². The standard InChI is InChI=1S/C15H18F6O8S2/c1-12(2,3)10-4-8(6-22)11(9(5-10)7-23)29-31(27,28)15(20,21)13(16,17)14(18,19)30(24,25)26/h4-5,22-23H,6-7H2,1-3H3,(H,24,25,26). The Labute approximate surface area is 173 Å². The van der Waals surface area contributed by atoms with Crippen molar-refractivity contribution < 1.29 is 62.1 Å². The smallest absolute Gasteiger partial charge is 0.392 e. The molecule has 8 nitrogen and oxygen atoms in total. The fourth-order valence-corrected chi connectivity index (χ4v) is 3.68. The normalized spacial score (nSPS) is 14.6. The highest BCUT2D eigenvalue weighted by atomic mass is 32.2. The quantitative estimate of drug-likeness (QED) is 0.279. The molecule has 0 saturated carbocycles. The Bertz CT molecular complexity index is 1020. The minimum atomic E-state index is -7.19. The third-order valence-corrected chi connectivity index (χ3v) is 6.19. The molecule has 0 saturated heterocycles. The molecule has 0 radical (unpaired) electrons. The van der Waals surface area contributed by atoms with Gasteiger partial charge in [0, 0.05) is 11.1 Å². The molecule has 0 spiro atoms. The van der Waals surface area contributed by atoms with Gasteiger partial charge in [0.05, 0.1) is 13.2 Å².